The van der Waals surface area contributed by atoms with Crippen LogP contribution in [-0.2, 0) is 11.2 Å². The van der Waals surface area contributed by atoms with Crippen molar-refractivity contribution in [3.05, 3.63) is 29.8 Å². The molecule has 1 saturated heterocycles. The average Bonchev–Trinajstić information content (AvgIpc) is 2.99. The molecule has 1 saturated carbocycles. The minimum absolute atomic E-state index is 0.148. The van der Waals surface area contributed by atoms with Gasteiger partial charge in [0.2, 0.25) is 5.91 Å². The van der Waals surface area contributed by atoms with E-state index in [0.29, 0.717) is 12.8 Å². The van der Waals surface area contributed by atoms with E-state index in [4.69, 9.17) is 0 Å². The lowest BCUT2D eigenvalue weighted by atomic mass is 10.0. The summed E-state index contributed by atoms with van der Waals surface area (Å²) < 4.78 is 0. The minimum Gasteiger partial charge on any atom is -0.390 e. The van der Waals surface area contributed by atoms with Crippen molar-refractivity contribution in [2.24, 2.45) is 0 Å². The summed E-state index contributed by atoms with van der Waals surface area (Å²) in [5.41, 5.74) is 1.67. The number of amides is 1. The molecule has 0 radical (unpaired) electrons. The first kappa shape index (κ1) is 11.5. The van der Waals surface area contributed by atoms with E-state index in [1.54, 1.807) is 12.1 Å². The Bertz CT molecular complexity index is 482. The van der Waals surface area contributed by atoms with Crippen LogP contribution in [0.3, 0.4) is 0 Å². The molecular formula is C14H18N2O2. The SMILES string of the molecule is CN1C(=O)CCN1c1ccccc1CC1(O)CC1. The Morgan fingerprint density at radius 3 is 2.67 bits per heavy atom. The molecule has 0 bridgehead atoms. The predicted molar refractivity (Wildman–Crippen MR) is 69.1 cm³/mol. The summed E-state index contributed by atoms with van der Waals surface area (Å²) in [5.74, 6) is 0.148. The van der Waals surface area contributed by atoms with Crippen LogP contribution in [0.1, 0.15) is 24.8 Å². The largest absolute Gasteiger partial charge is 0.390 e. The van der Waals surface area contributed by atoms with Gasteiger partial charge in [-0.2, -0.15) is 0 Å². The molecule has 4 nitrogen and oxygen atoms in total. The van der Waals surface area contributed by atoms with Crippen LogP contribution in [0.25, 0.3) is 0 Å². The van der Waals surface area contributed by atoms with E-state index in [9.17, 15) is 9.90 Å². The quantitative estimate of drug-likeness (QED) is 0.875. The Morgan fingerprint density at radius 2 is 2.06 bits per heavy atom. The highest BCUT2D eigenvalue weighted by Gasteiger charge is 2.41. The maximum atomic E-state index is 11.6. The van der Waals surface area contributed by atoms with Crippen molar-refractivity contribution in [2.45, 2.75) is 31.3 Å². The number of hydrogen-bond donors (Lipinski definition) is 1. The Balaban J connectivity index is 1.89. The lowest BCUT2D eigenvalue weighted by Gasteiger charge is -2.28. The number of benzene rings is 1. The summed E-state index contributed by atoms with van der Waals surface area (Å²) in [6.45, 7) is 0.727. The zero-order valence-electron chi connectivity index (χ0n) is 10.6. The first-order chi connectivity index (χ1) is 8.59. The molecule has 1 heterocycles. The van der Waals surface area contributed by atoms with E-state index in [0.717, 1.165) is 30.6 Å². The Hall–Kier alpha value is -1.55. The van der Waals surface area contributed by atoms with Crippen LogP contribution in [0, 0.1) is 0 Å². The third-order valence-corrected chi connectivity index (χ3v) is 3.88. The Kier molecular flexibility index (Phi) is 2.55. The van der Waals surface area contributed by atoms with E-state index < -0.39 is 5.60 Å². The van der Waals surface area contributed by atoms with Gasteiger partial charge in [-0.1, -0.05) is 18.2 Å². The van der Waals surface area contributed by atoms with Crippen molar-refractivity contribution < 1.29 is 9.90 Å². The number of para-hydroxylation sites is 1. The predicted octanol–water partition coefficient (Wildman–Crippen LogP) is 1.34. The molecular weight excluding hydrogens is 228 g/mol. The lowest BCUT2D eigenvalue weighted by molar-refractivity contribution is -0.126. The van der Waals surface area contributed by atoms with E-state index >= 15 is 0 Å². The second-order valence-corrected chi connectivity index (χ2v) is 5.32. The van der Waals surface area contributed by atoms with Crippen LogP contribution in [0.5, 0.6) is 0 Å². The van der Waals surface area contributed by atoms with Gasteiger partial charge < -0.3 is 5.11 Å². The highest BCUT2D eigenvalue weighted by molar-refractivity contribution is 5.82. The molecule has 2 aliphatic rings. The summed E-state index contributed by atoms with van der Waals surface area (Å²) in [6.07, 6.45) is 3.02. The van der Waals surface area contributed by atoms with Crippen molar-refractivity contribution in [2.75, 3.05) is 18.6 Å². The molecule has 3 rings (SSSR count). The summed E-state index contributed by atoms with van der Waals surface area (Å²) in [7, 11) is 1.80. The molecule has 0 unspecified atom stereocenters. The van der Waals surface area contributed by atoms with Gasteiger partial charge in [-0.3, -0.25) is 14.8 Å². The number of anilines is 1. The second kappa shape index (κ2) is 3.99. The standard InChI is InChI=1S/C14H18N2O2/c1-15-13(17)6-9-16(15)12-5-3-2-4-11(12)10-14(18)7-8-14/h2-5,18H,6-10H2,1H3. The Labute approximate surface area is 107 Å². The number of hydrazine groups is 1. The fourth-order valence-electron chi connectivity index (χ4n) is 2.52. The molecule has 18 heavy (non-hydrogen) atoms. The maximum absolute atomic E-state index is 11.6. The first-order valence-corrected chi connectivity index (χ1v) is 6.43. The lowest BCUT2D eigenvalue weighted by Crippen LogP contribution is -2.36. The molecule has 0 atom stereocenters. The second-order valence-electron chi connectivity index (χ2n) is 5.32. The van der Waals surface area contributed by atoms with E-state index in [2.05, 4.69) is 0 Å². The van der Waals surface area contributed by atoms with Crippen molar-refractivity contribution in [1.29, 1.82) is 0 Å². The van der Waals surface area contributed by atoms with Crippen LogP contribution in [0.2, 0.25) is 0 Å². The summed E-state index contributed by atoms with van der Waals surface area (Å²) >= 11 is 0. The van der Waals surface area contributed by atoms with Crippen LogP contribution < -0.4 is 5.01 Å². The molecule has 1 aromatic rings. The number of nitrogens with zero attached hydrogens (tertiary/aromatic N) is 2. The monoisotopic (exact) mass is 246 g/mol. The van der Waals surface area contributed by atoms with E-state index in [1.807, 2.05) is 29.3 Å². The summed E-state index contributed by atoms with van der Waals surface area (Å²) in [4.78, 5) is 11.6. The number of aliphatic hydroxyl groups is 1. The topological polar surface area (TPSA) is 43.8 Å². The van der Waals surface area contributed by atoms with E-state index in [-0.39, 0.29) is 5.91 Å². The fraction of sp³-hybridized carbons (Fsp3) is 0.500. The highest BCUT2D eigenvalue weighted by atomic mass is 16.3. The smallest absolute Gasteiger partial charge is 0.242 e. The van der Waals surface area contributed by atoms with Crippen LogP contribution in [0.15, 0.2) is 24.3 Å². The third-order valence-electron chi connectivity index (χ3n) is 3.88. The van der Waals surface area contributed by atoms with Gasteiger partial charge in [-0.05, 0) is 24.5 Å². The number of carbonyl (C=O) groups excluding carboxylic acids is 1. The molecule has 1 amide bonds. The third kappa shape index (κ3) is 1.97. The molecule has 1 N–H and O–H groups in total. The van der Waals surface area contributed by atoms with Gasteiger partial charge in [0.25, 0.3) is 0 Å². The zero-order valence-corrected chi connectivity index (χ0v) is 10.6. The summed E-state index contributed by atoms with van der Waals surface area (Å²) in [5, 5.41) is 13.7. The van der Waals surface area contributed by atoms with Gasteiger partial charge in [-0.25, -0.2) is 0 Å². The van der Waals surface area contributed by atoms with Crippen LogP contribution in [0.4, 0.5) is 5.69 Å². The van der Waals surface area contributed by atoms with Crippen LogP contribution >= 0.6 is 0 Å². The van der Waals surface area contributed by atoms with E-state index in [1.165, 1.54) is 0 Å². The van der Waals surface area contributed by atoms with Crippen LogP contribution in [-0.4, -0.2) is 35.2 Å². The molecule has 0 spiro atoms. The van der Waals surface area contributed by atoms with Gasteiger partial charge >= 0.3 is 0 Å². The normalized spacial score (nSPS) is 21.6. The van der Waals surface area contributed by atoms with Crippen molar-refractivity contribution >= 4 is 11.6 Å². The molecule has 0 aromatic heterocycles. The number of carbonyl (C=O) groups is 1. The maximum Gasteiger partial charge on any atom is 0.242 e. The van der Waals surface area contributed by atoms with Gasteiger partial charge in [0.15, 0.2) is 0 Å². The molecule has 4 heteroatoms. The van der Waals surface area contributed by atoms with Crippen molar-refractivity contribution in [3.8, 4) is 0 Å². The molecule has 2 fully saturated rings. The van der Waals surface area contributed by atoms with Gasteiger partial charge in [0.05, 0.1) is 11.3 Å². The van der Waals surface area contributed by atoms with Crippen molar-refractivity contribution in [3.63, 3.8) is 0 Å². The average molecular weight is 246 g/mol. The molecule has 1 aliphatic heterocycles. The van der Waals surface area contributed by atoms with Crippen molar-refractivity contribution in [1.82, 2.24) is 5.01 Å². The Morgan fingerprint density at radius 1 is 1.33 bits per heavy atom. The van der Waals surface area contributed by atoms with Gasteiger partial charge in [0.1, 0.15) is 0 Å². The highest BCUT2D eigenvalue weighted by Crippen LogP contribution is 2.40. The number of rotatable bonds is 3. The molecule has 1 aliphatic carbocycles. The van der Waals surface area contributed by atoms with Gasteiger partial charge in [0, 0.05) is 26.4 Å². The first-order valence-electron chi connectivity index (χ1n) is 6.43. The molecule has 1 aromatic carbocycles. The molecule has 96 valence electrons. The zero-order chi connectivity index (χ0) is 12.8. The number of hydrogen-bond acceptors (Lipinski definition) is 3. The summed E-state index contributed by atoms with van der Waals surface area (Å²) in [6, 6.07) is 8.04. The van der Waals surface area contributed by atoms with Gasteiger partial charge in [-0.15, -0.1) is 0 Å². The minimum atomic E-state index is -0.502. The fourth-order valence-corrected chi connectivity index (χ4v) is 2.52.